The van der Waals surface area contributed by atoms with Gasteiger partial charge in [-0.2, -0.15) is 0 Å². The highest BCUT2D eigenvalue weighted by molar-refractivity contribution is 6.32. The van der Waals surface area contributed by atoms with Crippen molar-refractivity contribution in [3.63, 3.8) is 0 Å². The molecular formula is C15H24ClNO3. The Morgan fingerprint density at radius 2 is 2.05 bits per heavy atom. The first-order chi connectivity index (χ1) is 9.43. The summed E-state index contributed by atoms with van der Waals surface area (Å²) >= 11 is 6.21. The number of hydrogen-bond acceptors (Lipinski definition) is 4. The first kappa shape index (κ1) is 17.1. The van der Waals surface area contributed by atoms with E-state index in [4.69, 9.17) is 26.2 Å². The van der Waals surface area contributed by atoms with Crippen LogP contribution in [0.1, 0.15) is 32.8 Å². The van der Waals surface area contributed by atoms with Crippen molar-refractivity contribution in [1.29, 1.82) is 0 Å². The average molecular weight is 302 g/mol. The van der Waals surface area contributed by atoms with Gasteiger partial charge in [-0.15, -0.1) is 0 Å². The second-order valence-corrected chi connectivity index (χ2v) is 5.66. The van der Waals surface area contributed by atoms with E-state index in [-0.39, 0.29) is 12.1 Å². The van der Waals surface area contributed by atoms with Crippen LogP contribution in [-0.4, -0.2) is 31.0 Å². The minimum Gasteiger partial charge on any atom is -0.491 e. The van der Waals surface area contributed by atoms with Crippen LogP contribution in [0.3, 0.4) is 0 Å². The van der Waals surface area contributed by atoms with Crippen molar-refractivity contribution < 1.29 is 14.6 Å². The first-order valence-corrected chi connectivity index (χ1v) is 7.16. The van der Waals surface area contributed by atoms with E-state index in [9.17, 15) is 0 Å². The summed E-state index contributed by atoms with van der Waals surface area (Å²) in [5, 5.41) is 13.0. The Hall–Kier alpha value is -0.970. The van der Waals surface area contributed by atoms with E-state index < -0.39 is 0 Å². The maximum absolute atomic E-state index is 9.03. The molecular weight excluding hydrogens is 278 g/mol. The number of rotatable bonds is 8. The van der Waals surface area contributed by atoms with E-state index in [0.29, 0.717) is 36.1 Å². The van der Waals surface area contributed by atoms with Crippen LogP contribution in [0, 0.1) is 0 Å². The third-order valence-corrected chi connectivity index (χ3v) is 3.36. The molecule has 0 heterocycles. The third-order valence-electron chi connectivity index (χ3n) is 3.08. The number of aliphatic hydroxyl groups is 1. The van der Waals surface area contributed by atoms with E-state index in [1.165, 1.54) is 0 Å². The predicted molar refractivity (Wildman–Crippen MR) is 81.8 cm³/mol. The van der Waals surface area contributed by atoms with Gasteiger partial charge < -0.3 is 19.9 Å². The monoisotopic (exact) mass is 301 g/mol. The molecule has 0 bridgehead atoms. The molecule has 114 valence electrons. The molecule has 1 aromatic rings. The smallest absolute Gasteiger partial charge is 0.179 e. The second-order valence-electron chi connectivity index (χ2n) is 5.25. The Balaban J connectivity index is 2.86. The fourth-order valence-corrected chi connectivity index (χ4v) is 2.20. The highest BCUT2D eigenvalue weighted by atomic mass is 35.5. The van der Waals surface area contributed by atoms with E-state index in [0.717, 1.165) is 5.56 Å². The number of hydrogen-bond donors (Lipinski definition) is 2. The lowest BCUT2D eigenvalue weighted by atomic mass is 10.0. The van der Waals surface area contributed by atoms with Crippen LogP contribution < -0.4 is 14.8 Å². The van der Waals surface area contributed by atoms with Crippen molar-refractivity contribution in [3.05, 3.63) is 22.7 Å². The molecule has 0 unspecified atom stereocenters. The summed E-state index contributed by atoms with van der Waals surface area (Å²) in [4.78, 5) is 0. The van der Waals surface area contributed by atoms with E-state index >= 15 is 0 Å². The molecule has 20 heavy (non-hydrogen) atoms. The highest BCUT2D eigenvalue weighted by Gasteiger charge is 2.17. The maximum Gasteiger partial charge on any atom is 0.179 e. The first-order valence-electron chi connectivity index (χ1n) is 6.78. The van der Waals surface area contributed by atoms with Crippen LogP contribution in [0.2, 0.25) is 5.02 Å². The summed E-state index contributed by atoms with van der Waals surface area (Å²) in [6.07, 6.45) is 0.690. The van der Waals surface area contributed by atoms with Crippen molar-refractivity contribution >= 4 is 11.6 Å². The molecule has 1 aromatic carbocycles. The van der Waals surface area contributed by atoms with Crippen LogP contribution in [-0.2, 0) is 6.54 Å². The second kappa shape index (κ2) is 7.72. The Labute approximate surface area is 126 Å². The molecule has 0 aliphatic carbocycles. The summed E-state index contributed by atoms with van der Waals surface area (Å²) in [7, 11) is 1.58. The SMILES string of the molecule is CCOc1cc(CNC(C)(C)CCO)cc(Cl)c1OC. The molecule has 0 aliphatic rings. The third kappa shape index (κ3) is 4.85. The number of ether oxygens (including phenoxy) is 2. The van der Waals surface area contributed by atoms with Gasteiger partial charge in [0.05, 0.1) is 18.7 Å². The Morgan fingerprint density at radius 3 is 2.60 bits per heavy atom. The van der Waals surface area contributed by atoms with Gasteiger partial charge in [0.2, 0.25) is 0 Å². The molecule has 0 fully saturated rings. The lowest BCUT2D eigenvalue weighted by molar-refractivity contribution is 0.230. The number of halogens is 1. The number of nitrogens with one attached hydrogen (secondary N) is 1. The fraction of sp³-hybridized carbons (Fsp3) is 0.600. The fourth-order valence-electron chi connectivity index (χ4n) is 1.89. The van der Waals surface area contributed by atoms with Crippen molar-refractivity contribution in [2.24, 2.45) is 0 Å². The topological polar surface area (TPSA) is 50.7 Å². The quantitative estimate of drug-likeness (QED) is 0.775. The molecule has 0 spiro atoms. The van der Waals surface area contributed by atoms with Gasteiger partial charge in [-0.1, -0.05) is 11.6 Å². The van der Waals surface area contributed by atoms with Gasteiger partial charge in [0.1, 0.15) is 0 Å². The number of methoxy groups -OCH3 is 1. The van der Waals surface area contributed by atoms with Gasteiger partial charge >= 0.3 is 0 Å². The highest BCUT2D eigenvalue weighted by Crippen LogP contribution is 2.36. The van der Waals surface area contributed by atoms with Gasteiger partial charge in [-0.3, -0.25) is 0 Å². The average Bonchev–Trinajstić information content (AvgIpc) is 2.37. The number of aliphatic hydroxyl groups excluding tert-OH is 1. The van der Waals surface area contributed by atoms with Crippen LogP contribution in [0.5, 0.6) is 11.5 Å². The lowest BCUT2D eigenvalue weighted by Gasteiger charge is -2.25. The molecule has 1 rings (SSSR count). The standard InChI is InChI=1S/C15H24ClNO3/c1-5-20-13-9-11(8-12(16)14(13)19-4)10-17-15(2,3)6-7-18/h8-9,17-18H,5-7,10H2,1-4H3. The Kier molecular flexibility index (Phi) is 6.59. The molecule has 0 saturated heterocycles. The van der Waals surface area contributed by atoms with Crippen molar-refractivity contribution in [2.45, 2.75) is 39.3 Å². The summed E-state index contributed by atoms with van der Waals surface area (Å²) in [6.45, 7) is 7.39. The molecule has 5 heteroatoms. The van der Waals surface area contributed by atoms with Gasteiger partial charge in [-0.05, 0) is 44.9 Å². The normalized spacial score (nSPS) is 11.5. The number of benzene rings is 1. The van der Waals surface area contributed by atoms with Gasteiger partial charge in [-0.25, -0.2) is 0 Å². The Bertz CT molecular complexity index is 435. The molecule has 0 saturated carbocycles. The summed E-state index contributed by atoms with van der Waals surface area (Å²) < 4.78 is 10.8. The van der Waals surface area contributed by atoms with Crippen LogP contribution in [0.4, 0.5) is 0 Å². The minimum absolute atomic E-state index is 0.132. The predicted octanol–water partition coefficient (Wildman–Crippen LogP) is 3.00. The molecule has 0 radical (unpaired) electrons. The molecule has 4 nitrogen and oxygen atoms in total. The van der Waals surface area contributed by atoms with Gasteiger partial charge in [0, 0.05) is 18.7 Å². The van der Waals surface area contributed by atoms with Crippen molar-refractivity contribution in [2.75, 3.05) is 20.3 Å². The largest absolute Gasteiger partial charge is 0.491 e. The van der Waals surface area contributed by atoms with E-state index in [1.807, 2.05) is 19.1 Å². The molecule has 0 aliphatic heterocycles. The maximum atomic E-state index is 9.03. The van der Waals surface area contributed by atoms with Crippen LogP contribution >= 0.6 is 11.6 Å². The van der Waals surface area contributed by atoms with Gasteiger partial charge in [0.15, 0.2) is 11.5 Å². The van der Waals surface area contributed by atoms with Crippen LogP contribution in [0.25, 0.3) is 0 Å². The zero-order chi connectivity index (χ0) is 15.2. The van der Waals surface area contributed by atoms with Crippen molar-refractivity contribution in [1.82, 2.24) is 5.32 Å². The summed E-state index contributed by atoms with van der Waals surface area (Å²) in [5.74, 6) is 1.21. The molecule has 0 aromatic heterocycles. The minimum atomic E-state index is -0.132. The molecule has 0 amide bonds. The molecule has 2 N–H and O–H groups in total. The summed E-state index contributed by atoms with van der Waals surface area (Å²) in [5.41, 5.74) is 0.887. The van der Waals surface area contributed by atoms with Gasteiger partial charge in [0.25, 0.3) is 0 Å². The summed E-state index contributed by atoms with van der Waals surface area (Å²) in [6, 6.07) is 3.79. The molecule has 0 atom stereocenters. The van der Waals surface area contributed by atoms with Crippen molar-refractivity contribution in [3.8, 4) is 11.5 Å². The lowest BCUT2D eigenvalue weighted by Crippen LogP contribution is -2.39. The van der Waals surface area contributed by atoms with E-state index in [2.05, 4.69) is 19.2 Å². The Morgan fingerprint density at radius 1 is 1.35 bits per heavy atom. The van der Waals surface area contributed by atoms with Crippen LogP contribution in [0.15, 0.2) is 12.1 Å². The van der Waals surface area contributed by atoms with E-state index in [1.54, 1.807) is 7.11 Å². The zero-order valence-corrected chi connectivity index (χ0v) is 13.4. The zero-order valence-electron chi connectivity index (χ0n) is 12.6.